The number of hydrogen-bond acceptors (Lipinski definition) is 5. The van der Waals surface area contributed by atoms with Crippen molar-refractivity contribution in [1.29, 1.82) is 0 Å². The zero-order valence-corrected chi connectivity index (χ0v) is 11.4. The molecule has 0 bridgehead atoms. The number of sulfonamides is 1. The molecule has 1 rings (SSSR count). The molecule has 0 aromatic rings. The topological polar surface area (TPSA) is 96.5 Å². The predicted octanol–water partition coefficient (Wildman–Crippen LogP) is -1.58. The van der Waals surface area contributed by atoms with E-state index in [1.165, 1.54) is 0 Å². The summed E-state index contributed by atoms with van der Waals surface area (Å²) in [5.74, 6) is -0.0666. The first-order valence-corrected chi connectivity index (χ1v) is 7.90. The number of hydrogen-bond donors (Lipinski definition) is 3. The molecule has 7 nitrogen and oxygen atoms in total. The van der Waals surface area contributed by atoms with E-state index in [1.807, 2.05) is 0 Å². The Hall–Kier alpha value is -0.700. The molecule has 1 saturated heterocycles. The second-order valence-corrected chi connectivity index (χ2v) is 6.10. The van der Waals surface area contributed by atoms with Crippen molar-refractivity contribution >= 4 is 15.9 Å². The van der Waals surface area contributed by atoms with Gasteiger partial charge < -0.3 is 15.4 Å². The van der Waals surface area contributed by atoms with Gasteiger partial charge in [-0.15, -0.1) is 0 Å². The summed E-state index contributed by atoms with van der Waals surface area (Å²) in [4.78, 5) is 11.5. The Balaban J connectivity index is 2.03. The van der Waals surface area contributed by atoms with Crippen LogP contribution in [0.4, 0.5) is 0 Å². The van der Waals surface area contributed by atoms with Gasteiger partial charge in [-0.1, -0.05) is 0 Å². The molecule has 18 heavy (non-hydrogen) atoms. The molecule has 106 valence electrons. The van der Waals surface area contributed by atoms with Gasteiger partial charge in [0, 0.05) is 26.2 Å². The lowest BCUT2D eigenvalue weighted by Gasteiger charge is -2.23. The average molecular weight is 279 g/mol. The second kappa shape index (κ2) is 7.67. The summed E-state index contributed by atoms with van der Waals surface area (Å²) >= 11 is 0. The molecule has 1 atom stereocenters. The maximum absolute atomic E-state index is 11.5. The standard InChI is InChI=1S/C10H21N3O4S/c1-18(15,16)13-4-2-3-12-10(14)7-9-8-11-5-6-17-9/h9,11,13H,2-8H2,1H3,(H,12,14). The van der Waals surface area contributed by atoms with Crippen LogP contribution in [0.15, 0.2) is 0 Å². The predicted molar refractivity (Wildman–Crippen MR) is 67.7 cm³/mol. The van der Waals surface area contributed by atoms with Crippen molar-refractivity contribution in [1.82, 2.24) is 15.4 Å². The molecule has 1 heterocycles. The van der Waals surface area contributed by atoms with E-state index < -0.39 is 10.0 Å². The zero-order chi connectivity index (χ0) is 13.4. The van der Waals surface area contributed by atoms with E-state index in [0.29, 0.717) is 39.1 Å². The average Bonchev–Trinajstić information content (AvgIpc) is 2.28. The fraction of sp³-hybridized carbons (Fsp3) is 0.900. The van der Waals surface area contributed by atoms with Crippen molar-refractivity contribution in [2.24, 2.45) is 0 Å². The van der Waals surface area contributed by atoms with Gasteiger partial charge in [0.25, 0.3) is 0 Å². The lowest BCUT2D eigenvalue weighted by Crippen LogP contribution is -2.41. The Bertz CT molecular complexity index is 352. The summed E-state index contributed by atoms with van der Waals surface area (Å²) in [6.07, 6.45) is 1.96. The molecule has 0 aromatic carbocycles. The Labute approximate surface area is 108 Å². The van der Waals surface area contributed by atoms with Crippen LogP contribution in [0.25, 0.3) is 0 Å². The highest BCUT2D eigenvalue weighted by atomic mass is 32.2. The number of rotatable bonds is 7. The minimum Gasteiger partial charge on any atom is -0.375 e. The van der Waals surface area contributed by atoms with Crippen molar-refractivity contribution < 1.29 is 17.9 Å². The highest BCUT2D eigenvalue weighted by Crippen LogP contribution is 2.00. The first-order chi connectivity index (χ1) is 8.47. The lowest BCUT2D eigenvalue weighted by molar-refractivity contribution is -0.124. The van der Waals surface area contributed by atoms with Crippen molar-refractivity contribution in [2.45, 2.75) is 18.9 Å². The van der Waals surface area contributed by atoms with Crippen LogP contribution in [0.5, 0.6) is 0 Å². The largest absolute Gasteiger partial charge is 0.375 e. The monoisotopic (exact) mass is 279 g/mol. The number of morpholine rings is 1. The smallest absolute Gasteiger partial charge is 0.222 e. The maximum Gasteiger partial charge on any atom is 0.222 e. The van der Waals surface area contributed by atoms with Gasteiger partial charge in [0.05, 0.1) is 25.4 Å². The molecular formula is C10H21N3O4S. The van der Waals surface area contributed by atoms with Gasteiger partial charge in [-0.3, -0.25) is 4.79 Å². The Morgan fingerprint density at radius 1 is 1.44 bits per heavy atom. The molecular weight excluding hydrogens is 258 g/mol. The van der Waals surface area contributed by atoms with Crippen molar-refractivity contribution in [3.05, 3.63) is 0 Å². The lowest BCUT2D eigenvalue weighted by atomic mass is 10.2. The van der Waals surface area contributed by atoms with E-state index in [9.17, 15) is 13.2 Å². The molecule has 1 amide bonds. The number of carbonyl (C=O) groups is 1. The SMILES string of the molecule is CS(=O)(=O)NCCCNC(=O)CC1CNCCO1. The summed E-state index contributed by atoms with van der Waals surface area (Å²) in [6.45, 7) is 2.96. The van der Waals surface area contributed by atoms with Gasteiger partial charge in [-0.25, -0.2) is 13.1 Å². The van der Waals surface area contributed by atoms with E-state index in [4.69, 9.17) is 4.74 Å². The third-order valence-corrected chi connectivity index (χ3v) is 3.19. The first kappa shape index (κ1) is 15.4. The minimum absolute atomic E-state index is 0.0621. The Morgan fingerprint density at radius 3 is 2.83 bits per heavy atom. The van der Waals surface area contributed by atoms with Crippen LogP contribution in [0.1, 0.15) is 12.8 Å². The Morgan fingerprint density at radius 2 is 2.22 bits per heavy atom. The fourth-order valence-electron chi connectivity index (χ4n) is 1.60. The molecule has 1 aliphatic heterocycles. The molecule has 0 radical (unpaired) electrons. The molecule has 0 aromatic heterocycles. The zero-order valence-electron chi connectivity index (χ0n) is 10.6. The molecule has 0 aliphatic carbocycles. The van der Waals surface area contributed by atoms with E-state index in [0.717, 1.165) is 12.8 Å². The van der Waals surface area contributed by atoms with E-state index in [2.05, 4.69) is 15.4 Å². The van der Waals surface area contributed by atoms with Crippen molar-refractivity contribution in [3.8, 4) is 0 Å². The molecule has 1 unspecified atom stereocenters. The summed E-state index contributed by atoms with van der Waals surface area (Å²) in [5, 5.41) is 5.89. The maximum atomic E-state index is 11.5. The summed E-state index contributed by atoms with van der Waals surface area (Å²) in [5.41, 5.74) is 0. The van der Waals surface area contributed by atoms with E-state index in [1.54, 1.807) is 0 Å². The normalized spacial score (nSPS) is 20.6. The van der Waals surface area contributed by atoms with Gasteiger partial charge in [-0.2, -0.15) is 0 Å². The van der Waals surface area contributed by atoms with Crippen molar-refractivity contribution in [3.63, 3.8) is 0 Å². The highest BCUT2D eigenvalue weighted by molar-refractivity contribution is 7.88. The second-order valence-electron chi connectivity index (χ2n) is 4.27. The number of carbonyl (C=O) groups excluding carboxylic acids is 1. The van der Waals surface area contributed by atoms with Gasteiger partial charge in [-0.05, 0) is 6.42 Å². The Kier molecular flexibility index (Phi) is 6.55. The van der Waals surface area contributed by atoms with E-state index >= 15 is 0 Å². The molecule has 0 saturated carbocycles. The van der Waals surface area contributed by atoms with E-state index in [-0.39, 0.29) is 12.0 Å². The minimum atomic E-state index is -3.14. The van der Waals surface area contributed by atoms with Crippen LogP contribution in [0.3, 0.4) is 0 Å². The first-order valence-electron chi connectivity index (χ1n) is 6.01. The molecule has 3 N–H and O–H groups in total. The van der Waals surface area contributed by atoms with Crippen LogP contribution in [-0.2, 0) is 19.6 Å². The third-order valence-electron chi connectivity index (χ3n) is 2.46. The third kappa shape index (κ3) is 7.59. The molecule has 8 heteroatoms. The van der Waals surface area contributed by atoms with Crippen LogP contribution in [0, 0.1) is 0 Å². The quantitative estimate of drug-likeness (QED) is 0.489. The van der Waals surface area contributed by atoms with Crippen molar-refractivity contribution in [2.75, 3.05) is 39.0 Å². The molecule has 1 fully saturated rings. The van der Waals surface area contributed by atoms with Crippen LogP contribution < -0.4 is 15.4 Å². The molecule has 0 spiro atoms. The van der Waals surface area contributed by atoms with Crippen LogP contribution in [0.2, 0.25) is 0 Å². The van der Waals surface area contributed by atoms with Crippen LogP contribution >= 0.6 is 0 Å². The highest BCUT2D eigenvalue weighted by Gasteiger charge is 2.16. The van der Waals surface area contributed by atoms with Crippen LogP contribution in [-0.4, -0.2) is 59.5 Å². The number of ether oxygens (including phenoxy) is 1. The molecule has 1 aliphatic rings. The summed E-state index contributed by atoms with van der Waals surface area (Å²) in [6, 6.07) is 0. The number of amides is 1. The van der Waals surface area contributed by atoms with Gasteiger partial charge in [0.2, 0.25) is 15.9 Å². The summed E-state index contributed by atoms with van der Waals surface area (Å²) < 4.78 is 29.3. The van der Waals surface area contributed by atoms with Gasteiger partial charge >= 0.3 is 0 Å². The summed E-state index contributed by atoms with van der Waals surface area (Å²) in [7, 11) is -3.14. The number of nitrogens with one attached hydrogen (secondary N) is 3. The van der Waals surface area contributed by atoms with Gasteiger partial charge in [0.1, 0.15) is 0 Å². The fourth-order valence-corrected chi connectivity index (χ4v) is 2.12. The van der Waals surface area contributed by atoms with Gasteiger partial charge in [0.15, 0.2) is 0 Å².